The normalized spacial score (nSPS) is 18.6. The highest BCUT2D eigenvalue weighted by Crippen LogP contribution is 2.37. The molecule has 116 valence electrons. The number of rotatable bonds is 4. The van der Waals surface area contributed by atoms with Crippen molar-refractivity contribution in [1.82, 2.24) is 9.88 Å². The smallest absolute Gasteiger partial charge is 0.219 e. The van der Waals surface area contributed by atoms with Gasteiger partial charge in [-0.25, -0.2) is 4.98 Å². The van der Waals surface area contributed by atoms with Gasteiger partial charge < -0.3 is 9.80 Å². The van der Waals surface area contributed by atoms with E-state index in [9.17, 15) is 4.79 Å². The summed E-state index contributed by atoms with van der Waals surface area (Å²) in [6.07, 6.45) is 3.95. The predicted molar refractivity (Wildman–Crippen MR) is 86.4 cm³/mol. The van der Waals surface area contributed by atoms with Crippen LogP contribution in [-0.2, 0) is 4.79 Å². The Kier molecular flexibility index (Phi) is 4.86. The molecule has 4 nitrogen and oxygen atoms in total. The number of aromatic nitrogens is 1. The lowest BCUT2D eigenvalue weighted by molar-refractivity contribution is -0.129. The molecule has 2 rings (SSSR count). The fraction of sp³-hybridized carbons (Fsp3) is 0.647. The second kappa shape index (κ2) is 6.46. The highest BCUT2D eigenvalue weighted by molar-refractivity contribution is 5.74. The van der Waals surface area contributed by atoms with Crippen LogP contribution in [0.1, 0.15) is 59.1 Å². The molecule has 0 unspecified atom stereocenters. The summed E-state index contributed by atoms with van der Waals surface area (Å²) in [6.45, 7) is 11.3. The van der Waals surface area contributed by atoms with Gasteiger partial charge in [0.25, 0.3) is 0 Å². The molecule has 1 fully saturated rings. The van der Waals surface area contributed by atoms with Crippen molar-refractivity contribution in [2.75, 3.05) is 11.4 Å². The zero-order chi connectivity index (χ0) is 15.6. The van der Waals surface area contributed by atoms with Crippen molar-refractivity contribution in [3.63, 3.8) is 0 Å². The van der Waals surface area contributed by atoms with Gasteiger partial charge in [-0.3, -0.25) is 4.79 Å². The third-order valence-corrected chi connectivity index (χ3v) is 4.19. The zero-order valence-electron chi connectivity index (χ0n) is 13.8. The average Bonchev–Trinajstić information content (AvgIpc) is 2.87. The molecule has 1 aliphatic rings. The van der Waals surface area contributed by atoms with Crippen LogP contribution in [-0.4, -0.2) is 34.4 Å². The Labute approximate surface area is 128 Å². The summed E-state index contributed by atoms with van der Waals surface area (Å²) in [4.78, 5) is 20.8. The van der Waals surface area contributed by atoms with Crippen LogP contribution < -0.4 is 4.90 Å². The summed E-state index contributed by atoms with van der Waals surface area (Å²) in [5.74, 6) is 1.19. The van der Waals surface area contributed by atoms with E-state index in [0.717, 1.165) is 25.2 Å². The van der Waals surface area contributed by atoms with Crippen LogP contribution in [0.4, 0.5) is 5.82 Å². The monoisotopic (exact) mass is 289 g/mol. The second-order valence-electron chi connectivity index (χ2n) is 6.38. The number of carbonyl (C=O) groups excluding carboxylic acids is 1. The van der Waals surface area contributed by atoms with Gasteiger partial charge in [-0.15, -0.1) is 0 Å². The van der Waals surface area contributed by atoms with Crippen molar-refractivity contribution < 1.29 is 4.79 Å². The first-order valence-electron chi connectivity index (χ1n) is 7.94. The van der Waals surface area contributed by atoms with Crippen molar-refractivity contribution in [3.05, 3.63) is 23.9 Å². The number of likely N-dealkylation sites (tertiary alicyclic amines) is 1. The second-order valence-corrected chi connectivity index (χ2v) is 6.38. The minimum absolute atomic E-state index is 0.160. The summed E-state index contributed by atoms with van der Waals surface area (Å²) in [5.41, 5.74) is 1.19. The van der Waals surface area contributed by atoms with E-state index in [0.29, 0.717) is 12.1 Å². The quantitative estimate of drug-likeness (QED) is 0.852. The van der Waals surface area contributed by atoms with Crippen LogP contribution in [0.5, 0.6) is 0 Å². The van der Waals surface area contributed by atoms with Crippen molar-refractivity contribution >= 4 is 11.7 Å². The van der Waals surface area contributed by atoms with Crippen LogP contribution in [0, 0.1) is 0 Å². The largest absolute Gasteiger partial charge is 0.351 e. The van der Waals surface area contributed by atoms with Gasteiger partial charge in [-0.05, 0) is 46.6 Å². The maximum Gasteiger partial charge on any atom is 0.219 e. The number of hydrogen-bond acceptors (Lipinski definition) is 3. The summed E-state index contributed by atoms with van der Waals surface area (Å²) >= 11 is 0. The molecule has 2 heterocycles. The molecule has 21 heavy (non-hydrogen) atoms. The number of pyridine rings is 1. The highest BCUT2D eigenvalue weighted by Gasteiger charge is 2.31. The van der Waals surface area contributed by atoms with Crippen molar-refractivity contribution in [3.8, 4) is 0 Å². The maximum atomic E-state index is 11.9. The molecule has 0 bridgehead atoms. The van der Waals surface area contributed by atoms with Gasteiger partial charge in [0.15, 0.2) is 0 Å². The number of anilines is 1. The van der Waals surface area contributed by atoms with E-state index < -0.39 is 0 Å². The Morgan fingerprint density at radius 3 is 2.57 bits per heavy atom. The average molecular weight is 289 g/mol. The molecule has 1 amide bonds. The van der Waals surface area contributed by atoms with E-state index in [2.05, 4.69) is 43.6 Å². The minimum atomic E-state index is 0.160. The van der Waals surface area contributed by atoms with Crippen LogP contribution >= 0.6 is 0 Å². The molecule has 1 aliphatic heterocycles. The molecular formula is C17H27N3O. The standard InChI is InChI=1S/C17H27N3O/c1-12(2)20(13(3)4)17-15(8-6-10-18-17)16-9-7-11-19(16)14(5)21/h6,8,10,12-13,16H,7,9,11H2,1-5H3/t16-/m0/s1. The topological polar surface area (TPSA) is 36.4 Å². The first-order valence-corrected chi connectivity index (χ1v) is 7.94. The van der Waals surface area contributed by atoms with E-state index in [1.807, 2.05) is 17.2 Å². The van der Waals surface area contributed by atoms with E-state index in [1.54, 1.807) is 6.92 Å². The molecule has 0 N–H and O–H groups in total. The molecule has 1 aromatic rings. The lowest BCUT2D eigenvalue weighted by Crippen LogP contribution is -2.39. The van der Waals surface area contributed by atoms with E-state index in [4.69, 9.17) is 0 Å². The Balaban J connectivity index is 2.43. The summed E-state index contributed by atoms with van der Waals surface area (Å²) in [6, 6.07) is 5.04. The Hall–Kier alpha value is -1.58. The zero-order valence-corrected chi connectivity index (χ0v) is 13.8. The number of nitrogens with zero attached hydrogens (tertiary/aromatic N) is 3. The lowest BCUT2D eigenvalue weighted by atomic mass is 10.0. The van der Waals surface area contributed by atoms with Gasteiger partial charge in [-0.2, -0.15) is 0 Å². The molecule has 0 aliphatic carbocycles. The number of hydrogen-bond donors (Lipinski definition) is 0. The molecule has 0 aromatic carbocycles. The fourth-order valence-electron chi connectivity index (χ4n) is 3.44. The van der Waals surface area contributed by atoms with E-state index in [-0.39, 0.29) is 11.9 Å². The van der Waals surface area contributed by atoms with Crippen LogP contribution in [0.2, 0.25) is 0 Å². The molecule has 0 spiro atoms. The molecule has 1 aromatic heterocycles. The van der Waals surface area contributed by atoms with Gasteiger partial charge >= 0.3 is 0 Å². The van der Waals surface area contributed by atoms with Crippen LogP contribution in [0.15, 0.2) is 18.3 Å². The van der Waals surface area contributed by atoms with Crippen molar-refractivity contribution in [1.29, 1.82) is 0 Å². The maximum absolute atomic E-state index is 11.9. The molecule has 0 saturated carbocycles. The third kappa shape index (κ3) is 3.20. The van der Waals surface area contributed by atoms with Crippen LogP contribution in [0.25, 0.3) is 0 Å². The predicted octanol–water partition coefficient (Wildman–Crippen LogP) is 3.39. The Morgan fingerprint density at radius 2 is 2.00 bits per heavy atom. The van der Waals surface area contributed by atoms with Gasteiger partial charge in [0, 0.05) is 37.3 Å². The molecule has 4 heteroatoms. The molecule has 0 radical (unpaired) electrons. The first kappa shape index (κ1) is 15.8. The molecule has 1 atom stereocenters. The SMILES string of the molecule is CC(=O)N1CCC[C@H]1c1cccnc1N(C(C)C)C(C)C. The van der Waals surface area contributed by atoms with Gasteiger partial charge in [0.2, 0.25) is 5.91 Å². The number of carbonyl (C=O) groups is 1. The van der Waals surface area contributed by atoms with Crippen molar-refractivity contribution in [2.24, 2.45) is 0 Å². The summed E-state index contributed by atoms with van der Waals surface area (Å²) < 4.78 is 0. The molecule has 1 saturated heterocycles. The third-order valence-electron chi connectivity index (χ3n) is 4.19. The summed E-state index contributed by atoms with van der Waals surface area (Å²) in [7, 11) is 0. The van der Waals surface area contributed by atoms with E-state index >= 15 is 0 Å². The fourth-order valence-corrected chi connectivity index (χ4v) is 3.44. The molecular weight excluding hydrogens is 262 g/mol. The lowest BCUT2D eigenvalue weighted by Gasteiger charge is -2.35. The Morgan fingerprint density at radius 1 is 1.33 bits per heavy atom. The minimum Gasteiger partial charge on any atom is -0.351 e. The van der Waals surface area contributed by atoms with E-state index in [1.165, 1.54) is 5.56 Å². The first-order chi connectivity index (χ1) is 9.93. The van der Waals surface area contributed by atoms with Crippen LogP contribution in [0.3, 0.4) is 0 Å². The van der Waals surface area contributed by atoms with Crippen molar-refractivity contribution in [2.45, 2.75) is 65.6 Å². The highest BCUT2D eigenvalue weighted by atomic mass is 16.2. The van der Waals surface area contributed by atoms with Gasteiger partial charge in [0.1, 0.15) is 5.82 Å². The summed E-state index contributed by atoms with van der Waals surface area (Å²) in [5, 5.41) is 0. The van der Waals surface area contributed by atoms with Gasteiger partial charge in [-0.1, -0.05) is 6.07 Å². The van der Waals surface area contributed by atoms with Gasteiger partial charge in [0.05, 0.1) is 6.04 Å². The number of amides is 1. The Bertz CT molecular complexity index is 491.